The van der Waals surface area contributed by atoms with Crippen LogP contribution in [0.15, 0.2) is 24.3 Å². The number of aryl methyl sites for hydroxylation is 2. The molecule has 1 heterocycles. The average Bonchev–Trinajstić information content (AvgIpc) is 2.73. The van der Waals surface area contributed by atoms with Gasteiger partial charge in [-0.05, 0) is 38.8 Å². The summed E-state index contributed by atoms with van der Waals surface area (Å²) in [4.78, 5) is 11.9. The highest BCUT2D eigenvalue weighted by atomic mass is 16.1. The van der Waals surface area contributed by atoms with E-state index in [9.17, 15) is 4.79 Å². The van der Waals surface area contributed by atoms with Crippen molar-refractivity contribution in [3.05, 3.63) is 35.4 Å². The first-order valence-electron chi connectivity index (χ1n) is 6.65. The van der Waals surface area contributed by atoms with Gasteiger partial charge in [-0.1, -0.05) is 29.8 Å². The molecule has 1 saturated heterocycles. The molecule has 18 heavy (non-hydrogen) atoms. The summed E-state index contributed by atoms with van der Waals surface area (Å²) in [6.45, 7) is 6.06. The molecule has 0 saturated carbocycles. The normalized spacial score (nSPS) is 23.0. The Morgan fingerprint density at radius 1 is 1.50 bits per heavy atom. The summed E-state index contributed by atoms with van der Waals surface area (Å²) >= 11 is 0. The van der Waals surface area contributed by atoms with Crippen molar-refractivity contribution >= 4 is 5.91 Å². The Kier molecular flexibility index (Phi) is 4.02. The molecule has 1 atom stereocenters. The van der Waals surface area contributed by atoms with Crippen LogP contribution < -0.4 is 10.6 Å². The highest BCUT2D eigenvalue weighted by Gasteiger charge is 2.29. The lowest BCUT2D eigenvalue weighted by atomic mass is 10.0. The second-order valence-electron chi connectivity index (χ2n) is 5.52. The zero-order valence-electron chi connectivity index (χ0n) is 11.3. The Bertz CT molecular complexity index is 422. The Hall–Kier alpha value is -1.35. The van der Waals surface area contributed by atoms with Crippen molar-refractivity contribution in [2.45, 2.75) is 38.6 Å². The second-order valence-corrected chi connectivity index (χ2v) is 5.52. The molecule has 98 valence electrons. The van der Waals surface area contributed by atoms with Crippen LogP contribution in [-0.4, -0.2) is 24.5 Å². The summed E-state index contributed by atoms with van der Waals surface area (Å²) in [6.07, 6.45) is 2.40. The minimum absolute atomic E-state index is 0.0519. The van der Waals surface area contributed by atoms with Gasteiger partial charge >= 0.3 is 0 Å². The van der Waals surface area contributed by atoms with Crippen molar-refractivity contribution in [2.24, 2.45) is 0 Å². The highest BCUT2D eigenvalue weighted by molar-refractivity contribution is 5.77. The third kappa shape index (κ3) is 3.57. The van der Waals surface area contributed by atoms with Crippen LogP contribution in [0.3, 0.4) is 0 Å². The first-order valence-corrected chi connectivity index (χ1v) is 6.65. The molecule has 1 unspecified atom stereocenters. The Morgan fingerprint density at radius 3 is 3.00 bits per heavy atom. The summed E-state index contributed by atoms with van der Waals surface area (Å²) in [7, 11) is 0. The van der Waals surface area contributed by atoms with Crippen molar-refractivity contribution in [3.8, 4) is 0 Å². The molecule has 0 bridgehead atoms. The van der Waals surface area contributed by atoms with Crippen molar-refractivity contribution < 1.29 is 4.79 Å². The molecule has 1 aromatic rings. The number of amides is 1. The second kappa shape index (κ2) is 5.53. The van der Waals surface area contributed by atoms with E-state index < -0.39 is 0 Å². The summed E-state index contributed by atoms with van der Waals surface area (Å²) in [5.74, 6) is 0.155. The molecule has 2 N–H and O–H groups in total. The van der Waals surface area contributed by atoms with Crippen LogP contribution in [0.2, 0.25) is 0 Å². The zero-order chi connectivity index (χ0) is 13.0. The van der Waals surface area contributed by atoms with Crippen LogP contribution in [0, 0.1) is 6.92 Å². The highest BCUT2D eigenvalue weighted by Crippen LogP contribution is 2.14. The third-order valence-corrected chi connectivity index (χ3v) is 3.53. The number of nitrogens with one attached hydrogen (secondary N) is 2. The monoisotopic (exact) mass is 246 g/mol. The van der Waals surface area contributed by atoms with E-state index in [-0.39, 0.29) is 11.4 Å². The van der Waals surface area contributed by atoms with E-state index >= 15 is 0 Å². The topological polar surface area (TPSA) is 41.1 Å². The maximum Gasteiger partial charge on any atom is 0.220 e. The van der Waals surface area contributed by atoms with Crippen LogP contribution >= 0.6 is 0 Å². The summed E-state index contributed by atoms with van der Waals surface area (Å²) in [6, 6.07) is 8.35. The number of benzene rings is 1. The van der Waals surface area contributed by atoms with Gasteiger partial charge in [-0.3, -0.25) is 4.79 Å². The molecular weight excluding hydrogens is 224 g/mol. The van der Waals surface area contributed by atoms with Gasteiger partial charge < -0.3 is 10.6 Å². The van der Waals surface area contributed by atoms with Gasteiger partial charge in [-0.25, -0.2) is 0 Å². The Balaban J connectivity index is 1.81. The molecule has 1 fully saturated rings. The molecule has 3 heteroatoms. The van der Waals surface area contributed by atoms with E-state index in [0.29, 0.717) is 6.42 Å². The van der Waals surface area contributed by atoms with Crippen molar-refractivity contribution in [1.82, 2.24) is 10.6 Å². The Morgan fingerprint density at radius 2 is 2.33 bits per heavy atom. The lowest BCUT2D eigenvalue weighted by molar-refractivity contribution is -0.122. The SMILES string of the molecule is Cc1cccc(CCC(=O)NC2(C)CCNC2)c1. The van der Waals surface area contributed by atoms with Gasteiger partial charge in [-0.15, -0.1) is 0 Å². The largest absolute Gasteiger partial charge is 0.350 e. The predicted molar refractivity (Wildman–Crippen MR) is 73.5 cm³/mol. The minimum atomic E-state index is -0.0519. The Labute approximate surface area is 109 Å². The first kappa shape index (κ1) is 13.1. The molecule has 0 spiro atoms. The average molecular weight is 246 g/mol. The van der Waals surface area contributed by atoms with Crippen LogP contribution in [0.25, 0.3) is 0 Å². The molecule has 2 rings (SSSR count). The van der Waals surface area contributed by atoms with Gasteiger partial charge in [0.25, 0.3) is 0 Å². The summed E-state index contributed by atoms with van der Waals surface area (Å²) in [5.41, 5.74) is 2.43. The van der Waals surface area contributed by atoms with Gasteiger partial charge in [0.15, 0.2) is 0 Å². The number of hydrogen-bond acceptors (Lipinski definition) is 2. The van der Waals surface area contributed by atoms with E-state index in [4.69, 9.17) is 0 Å². The lowest BCUT2D eigenvalue weighted by Crippen LogP contribution is -2.47. The van der Waals surface area contributed by atoms with Gasteiger partial charge in [0, 0.05) is 13.0 Å². The predicted octanol–water partition coefficient (Wildman–Crippen LogP) is 1.80. The van der Waals surface area contributed by atoms with Gasteiger partial charge in [0.2, 0.25) is 5.91 Å². The smallest absolute Gasteiger partial charge is 0.220 e. The van der Waals surface area contributed by atoms with Gasteiger partial charge in [-0.2, -0.15) is 0 Å². The summed E-state index contributed by atoms with van der Waals surface area (Å²) < 4.78 is 0. The minimum Gasteiger partial charge on any atom is -0.350 e. The van der Waals surface area contributed by atoms with Crippen LogP contribution in [0.4, 0.5) is 0 Å². The summed E-state index contributed by atoms with van der Waals surface area (Å²) in [5, 5.41) is 6.42. The van der Waals surface area contributed by atoms with Gasteiger partial charge in [0.05, 0.1) is 5.54 Å². The van der Waals surface area contributed by atoms with Crippen LogP contribution in [-0.2, 0) is 11.2 Å². The molecule has 1 aromatic carbocycles. The fraction of sp³-hybridized carbons (Fsp3) is 0.533. The van der Waals surface area contributed by atoms with Crippen molar-refractivity contribution in [1.29, 1.82) is 0 Å². The first-order chi connectivity index (χ1) is 8.57. The van der Waals surface area contributed by atoms with E-state index in [1.165, 1.54) is 11.1 Å². The number of carbonyl (C=O) groups is 1. The number of hydrogen-bond donors (Lipinski definition) is 2. The molecule has 1 aliphatic heterocycles. The number of rotatable bonds is 4. The van der Waals surface area contributed by atoms with Crippen molar-refractivity contribution in [2.75, 3.05) is 13.1 Å². The van der Waals surface area contributed by atoms with E-state index in [0.717, 1.165) is 25.9 Å². The molecule has 1 amide bonds. The fourth-order valence-corrected chi connectivity index (χ4v) is 2.45. The van der Waals surface area contributed by atoms with E-state index in [1.807, 2.05) is 6.07 Å². The third-order valence-electron chi connectivity index (χ3n) is 3.53. The van der Waals surface area contributed by atoms with E-state index in [1.54, 1.807) is 0 Å². The van der Waals surface area contributed by atoms with Crippen molar-refractivity contribution in [3.63, 3.8) is 0 Å². The molecule has 1 aliphatic rings. The maximum absolute atomic E-state index is 11.9. The zero-order valence-corrected chi connectivity index (χ0v) is 11.3. The van der Waals surface area contributed by atoms with E-state index in [2.05, 4.69) is 42.7 Å². The van der Waals surface area contributed by atoms with Gasteiger partial charge in [0.1, 0.15) is 0 Å². The fourth-order valence-electron chi connectivity index (χ4n) is 2.45. The maximum atomic E-state index is 11.9. The molecule has 3 nitrogen and oxygen atoms in total. The quantitative estimate of drug-likeness (QED) is 0.850. The molecule has 0 aromatic heterocycles. The number of carbonyl (C=O) groups excluding carboxylic acids is 1. The van der Waals surface area contributed by atoms with Crippen LogP contribution in [0.5, 0.6) is 0 Å². The molecule has 0 radical (unpaired) electrons. The molecule has 0 aliphatic carbocycles. The lowest BCUT2D eigenvalue weighted by Gasteiger charge is -2.24. The molecular formula is C15H22N2O. The standard InChI is InChI=1S/C15H22N2O/c1-12-4-3-5-13(10-12)6-7-14(18)17-15(2)8-9-16-11-15/h3-5,10,16H,6-9,11H2,1-2H3,(H,17,18). The van der Waals surface area contributed by atoms with Crippen LogP contribution in [0.1, 0.15) is 30.9 Å².